The molecule has 0 aromatic heterocycles. The van der Waals surface area contributed by atoms with E-state index in [9.17, 15) is 9.59 Å². The van der Waals surface area contributed by atoms with Gasteiger partial charge in [-0.1, -0.05) is 24.3 Å². The van der Waals surface area contributed by atoms with Crippen molar-refractivity contribution in [1.82, 2.24) is 10.2 Å². The first kappa shape index (κ1) is 18.0. The molecule has 1 heterocycles. The monoisotopic (exact) mass is 342 g/mol. The van der Waals surface area contributed by atoms with Crippen molar-refractivity contribution in [2.24, 2.45) is 11.8 Å². The number of nitrogens with one attached hydrogen (secondary N) is 1. The van der Waals surface area contributed by atoms with Gasteiger partial charge >= 0.3 is 0 Å². The Balaban J connectivity index is 1.47. The minimum Gasteiger partial charge on any atom is -0.354 e. The summed E-state index contributed by atoms with van der Waals surface area (Å²) in [4.78, 5) is 26.7. The molecule has 0 radical (unpaired) electrons. The van der Waals surface area contributed by atoms with Crippen LogP contribution < -0.4 is 5.32 Å². The number of aryl methyl sites for hydroxylation is 1. The second-order valence-corrected chi connectivity index (χ2v) is 7.90. The first-order valence-corrected chi connectivity index (χ1v) is 9.68. The molecule has 0 spiro atoms. The SMILES string of the molecule is CC(C)NC(=O)C1CCN(C(=O)CC2CCc3ccccc3C2)CC1. The second-order valence-electron chi connectivity index (χ2n) is 7.90. The predicted octanol–water partition coefficient (Wildman–Crippen LogP) is 2.94. The number of hydrogen-bond donors (Lipinski definition) is 1. The molecule has 3 rings (SSSR count). The van der Waals surface area contributed by atoms with Crippen LogP contribution in [0.4, 0.5) is 0 Å². The Morgan fingerprint density at radius 2 is 1.80 bits per heavy atom. The lowest BCUT2D eigenvalue weighted by Crippen LogP contribution is -2.44. The molecule has 25 heavy (non-hydrogen) atoms. The molecule has 0 bridgehead atoms. The molecule has 4 nitrogen and oxygen atoms in total. The number of piperidine rings is 1. The van der Waals surface area contributed by atoms with Gasteiger partial charge in [-0.2, -0.15) is 0 Å². The fourth-order valence-corrected chi connectivity index (χ4v) is 4.12. The summed E-state index contributed by atoms with van der Waals surface area (Å²) in [7, 11) is 0. The van der Waals surface area contributed by atoms with Gasteiger partial charge in [0.1, 0.15) is 0 Å². The van der Waals surface area contributed by atoms with Crippen LogP contribution in [0.15, 0.2) is 24.3 Å². The smallest absolute Gasteiger partial charge is 0.223 e. The molecule has 2 aliphatic rings. The first-order valence-electron chi connectivity index (χ1n) is 9.68. The summed E-state index contributed by atoms with van der Waals surface area (Å²) in [6, 6.07) is 8.78. The molecule has 1 fully saturated rings. The molecule has 1 atom stereocenters. The van der Waals surface area contributed by atoms with Crippen LogP contribution in [0.1, 0.15) is 50.7 Å². The Hall–Kier alpha value is -1.84. The van der Waals surface area contributed by atoms with E-state index in [1.807, 2.05) is 18.7 Å². The Bertz CT molecular complexity index is 618. The van der Waals surface area contributed by atoms with Crippen molar-refractivity contribution in [1.29, 1.82) is 0 Å². The van der Waals surface area contributed by atoms with Crippen LogP contribution in [0, 0.1) is 11.8 Å². The minimum atomic E-state index is 0.0630. The van der Waals surface area contributed by atoms with Crippen LogP contribution in [0.25, 0.3) is 0 Å². The van der Waals surface area contributed by atoms with Gasteiger partial charge in [0, 0.05) is 31.5 Å². The lowest BCUT2D eigenvalue weighted by atomic mass is 9.82. The highest BCUT2D eigenvalue weighted by atomic mass is 16.2. The van der Waals surface area contributed by atoms with Crippen molar-refractivity contribution >= 4 is 11.8 Å². The highest BCUT2D eigenvalue weighted by Crippen LogP contribution is 2.28. The van der Waals surface area contributed by atoms with E-state index < -0.39 is 0 Å². The van der Waals surface area contributed by atoms with Gasteiger partial charge in [-0.15, -0.1) is 0 Å². The fraction of sp³-hybridized carbons (Fsp3) is 0.619. The van der Waals surface area contributed by atoms with Gasteiger partial charge in [-0.05, 0) is 63.0 Å². The average Bonchev–Trinajstić information content (AvgIpc) is 2.61. The highest BCUT2D eigenvalue weighted by Gasteiger charge is 2.29. The standard InChI is InChI=1S/C21H30N2O2/c1-15(2)22-21(25)18-9-11-23(12-10-18)20(24)14-16-7-8-17-5-3-4-6-19(17)13-16/h3-6,15-16,18H,7-14H2,1-2H3,(H,22,25). The van der Waals surface area contributed by atoms with Crippen molar-refractivity contribution in [3.05, 3.63) is 35.4 Å². The maximum absolute atomic E-state index is 12.7. The molecule has 1 aromatic carbocycles. The molecule has 0 saturated carbocycles. The van der Waals surface area contributed by atoms with E-state index in [-0.39, 0.29) is 23.8 Å². The molecular weight excluding hydrogens is 312 g/mol. The van der Waals surface area contributed by atoms with E-state index in [0.717, 1.165) is 45.2 Å². The van der Waals surface area contributed by atoms with Crippen LogP contribution in [0.5, 0.6) is 0 Å². The third kappa shape index (κ3) is 4.62. The third-order valence-electron chi connectivity index (χ3n) is 5.56. The number of likely N-dealkylation sites (tertiary alicyclic amines) is 1. The molecule has 136 valence electrons. The largest absolute Gasteiger partial charge is 0.354 e. The topological polar surface area (TPSA) is 49.4 Å². The van der Waals surface area contributed by atoms with Crippen molar-refractivity contribution in [2.45, 2.75) is 58.4 Å². The average molecular weight is 342 g/mol. The number of benzene rings is 1. The van der Waals surface area contributed by atoms with E-state index in [2.05, 4.69) is 29.6 Å². The number of nitrogens with zero attached hydrogens (tertiary/aromatic N) is 1. The molecular formula is C21H30N2O2. The Labute approximate surface area is 151 Å². The summed E-state index contributed by atoms with van der Waals surface area (Å²) in [6.07, 6.45) is 5.45. The quantitative estimate of drug-likeness (QED) is 0.914. The van der Waals surface area contributed by atoms with Crippen LogP contribution in [0.2, 0.25) is 0 Å². The van der Waals surface area contributed by atoms with Crippen LogP contribution in [-0.2, 0) is 22.4 Å². The van der Waals surface area contributed by atoms with Gasteiger partial charge in [0.05, 0.1) is 0 Å². The van der Waals surface area contributed by atoms with E-state index in [1.54, 1.807) is 0 Å². The van der Waals surface area contributed by atoms with Crippen molar-refractivity contribution in [3.8, 4) is 0 Å². The third-order valence-corrected chi connectivity index (χ3v) is 5.56. The van der Waals surface area contributed by atoms with Gasteiger partial charge in [-0.25, -0.2) is 0 Å². The summed E-state index contributed by atoms with van der Waals surface area (Å²) in [5.74, 6) is 0.940. The zero-order chi connectivity index (χ0) is 17.8. The highest BCUT2D eigenvalue weighted by molar-refractivity contribution is 5.80. The molecule has 1 unspecified atom stereocenters. The molecule has 1 aliphatic carbocycles. The van der Waals surface area contributed by atoms with Crippen LogP contribution >= 0.6 is 0 Å². The summed E-state index contributed by atoms with van der Waals surface area (Å²) in [5.41, 5.74) is 2.86. The molecule has 1 N–H and O–H groups in total. The maximum atomic E-state index is 12.7. The number of carbonyl (C=O) groups is 2. The Morgan fingerprint density at radius 1 is 1.12 bits per heavy atom. The normalized spacial score (nSPS) is 21.1. The van der Waals surface area contributed by atoms with Crippen molar-refractivity contribution in [3.63, 3.8) is 0 Å². The fourth-order valence-electron chi connectivity index (χ4n) is 4.12. The van der Waals surface area contributed by atoms with E-state index in [1.165, 1.54) is 11.1 Å². The molecule has 1 aliphatic heterocycles. The van der Waals surface area contributed by atoms with Crippen molar-refractivity contribution in [2.75, 3.05) is 13.1 Å². The summed E-state index contributed by atoms with van der Waals surface area (Å²) in [5, 5.41) is 2.99. The molecule has 1 saturated heterocycles. The summed E-state index contributed by atoms with van der Waals surface area (Å²) < 4.78 is 0. The Morgan fingerprint density at radius 3 is 2.48 bits per heavy atom. The summed E-state index contributed by atoms with van der Waals surface area (Å²) >= 11 is 0. The summed E-state index contributed by atoms with van der Waals surface area (Å²) in [6.45, 7) is 5.41. The lowest BCUT2D eigenvalue weighted by Gasteiger charge is -2.33. The molecule has 4 heteroatoms. The predicted molar refractivity (Wildman–Crippen MR) is 99.2 cm³/mol. The van der Waals surface area contributed by atoms with Crippen LogP contribution in [0.3, 0.4) is 0 Å². The number of rotatable bonds is 4. The number of amides is 2. The lowest BCUT2D eigenvalue weighted by molar-refractivity contribution is -0.136. The number of carbonyl (C=O) groups excluding carboxylic acids is 2. The van der Waals surface area contributed by atoms with E-state index >= 15 is 0 Å². The van der Waals surface area contributed by atoms with Gasteiger partial charge in [0.15, 0.2) is 0 Å². The minimum absolute atomic E-state index is 0.0630. The van der Waals surface area contributed by atoms with E-state index in [4.69, 9.17) is 0 Å². The van der Waals surface area contributed by atoms with Gasteiger partial charge in [0.25, 0.3) is 0 Å². The molecule has 1 aromatic rings. The maximum Gasteiger partial charge on any atom is 0.223 e. The number of hydrogen-bond acceptors (Lipinski definition) is 2. The van der Waals surface area contributed by atoms with Gasteiger partial charge in [-0.3, -0.25) is 9.59 Å². The first-order chi connectivity index (χ1) is 12.0. The van der Waals surface area contributed by atoms with Crippen LogP contribution in [-0.4, -0.2) is 35.8 Å². The number of fused-ring (bicyclic) bond motifs is 1. The molecule has 2 amide bonds. The van der Waals surface area contributed by atoms with Gasteiger partial charge in [0.2, 0.25) is 11.8 Å². The van der Waals surface area contributed by atoms with Crippen molar-refractivity contribution < 1.29 is 9.59 Å². The van der Waals surface area contributed by atoms with Gasteiger partial charge < -0.3 is 10.2 Å². The second kappa shape index (κ2) is 8.03. The zero-order valence-electron chi connectivity index (χ0n) is 15.5. The zero-order valence-corrected chi connectivity index (χ0v) is 15.5. The van der Waals surface area contributed by atoms with E-state index in [0.29, 0.717) is 12.3 Å². The Kier molecular flexibility index (Phi) is 5.77.